The van der Waals surface area contributed by atoms with Crippen LogP contribution in [0, 0.1) is 35.0 Å². The number of unbranched alkanes of at least 4 members (excludes halogenated alkanes) is 2. The van der Waals surface area contributed by atoms with Gasteiger partial charge in [0.05, 0.1) is 11.6 Å². The molecule has 0 spiro atoms. The van der Waals surface area contributed by atoms with Gasteiger partial charge in [0.2, 0.25) is 29.5 Å². The van der Waals surface area contributed by atoms with E-state index in [1.54, 1.807) is 10.9 Å². The number of nitriles is 1. The molecule has 0 radical (unpaired) electrons. The van der Waals surface area contributed by atoms with Gasteiger partial charge in [-0.05, 0) is 67.9 Å². The minimum Gasteiger partial charge on any atom is -0.451 e. The number of esters is 1. The Morgan fingerprint density at radius 1 is 0.696 bits per heavy atom. The molecule has 384 valence electrons. The van der Waals surface area contributed by atoms with Gasteiger partial charge in [0, 0.05) is 44.9 Å². The summed E-state index contributed by atoms with van der Waals surface area (Å²) in [6, 6.07) is 2.39. The van der Waals surface area contributed by atoms with Crippen molar-refractivity contribution in [2.24, 2.45) is 23.7 Å². The quantitative estimate of drug-likeness (QED) is 0.128. The standard InChI is InChI=1S/C52H82N8O9/c1-13-15-20-34(7)28-41-50(65)58(10)36(9)52(67)69-45(24-19-25-53)49(64)57-42(29-35(8)21-16-14-2)51(66)59(11)44(27-33(5)6)48(63)55-39(26-32(3)4)46(61)54-40(47(62)56-41)30-37-31-60(68-12)43-23-18-17-22-38(37)43/h17-18,22-23,31-36,39-42,44-45H,13-16,19-21,24,26-30H2,1-12H3,(H,54,61)(H,55,63)(H,56,62)(H,57,64)/t34-,35-,36+,39+,40+,41+,42+,44+,45-/m1/s1. The SMILES string of the molecule is CCCC[C@@H](C)C[C@@H]1NC(=O)[C@H](Cc2cn(OC)c3ccccc23)NC(=O)[C@H](CC(C)C)NC(=O)[C@H](CC(C)C)N(C)C(=O)[C@H](C[C@H](C)CCCC)NC(=O)[C@@H](CCC#N)OC(=O)[C@H](C)N(C)C1=O. The molecule has 2 heterocycles. The highest BCUT2D eigenvalue weighted by Gasteiger charge is 2.39. The molecule has 69 heavy (non-hydrogen) atoms. The smallest absolute Gasteiger partial charge is 0.329 e. The third-order valence-corrected chi connectivity index (χ3v) is 13.1. The maximum absolute atomic E-state index is 14.9. The lowest BCUT2D eigenvalue weighted by Crippen LogP contribution is -2.60. The Kier molecular flexibility index (Phi) is 23.5. The topological polar surface area (TPSA) is 221 Å². The second-order valence-electron chi connectivity index (χ2n) is 20.1. The largest absolute Gasteiger partial charge is 0.451 e. The molecular formula is C52H82N8O9. The number of cyclic esters (lactones) is 1. The van der Waals surface area contributed by atoms with Crippen LogP contribution in [-0.2, 0) is 44.7 Å². The molecular weight excluding hydrogens is 881 g/mol. The number of nitrogens with one attached hydrogen (secondary N) is 4. The van der Waals surface area contributed by atoms with Gasteiger partial charge in [0.15, 0.2) is 6.10 Å². The van der Waals surface area contributed by atoms with Crippen LogP contribution in [0.1, 0.15) is 145 Å². The fraction of sp³-hybridized carbons (Fsp3) is 0.692. The summed E-state index contributed by atoms with van der Waals surface area (Å²) in [7, 11) is 4.43. The Hall–Kier alpha value is -5.66. The van der Waals surface area contributed by atoms with Crippen molar-refractivity contribution in [3.63, 3.8) is 0 Å². The van der Waals surface area contributed by atoms with Gasteiger partial charge < -0.3 is 40.6 Å². The average molecular weight is 963 g/mol. The van der Waals surface area contributed by atoms with Crippen LogP contribution in [0.2, 0.25) is 0 Å². The van der Waals surface area contributed by atoms with E-state index in [9.17, 15) is 38.8 Å². The van der Waals surface area contributed by atoms with Crippen LogP contribution in [0.5, 0.6) is 0 Å². The fourth-order valence-electron chi connectivity index (χ4n) is 8.89. The van der Waals surface area contributed by atoms with E-state index in [1.807, 2.05) is 71.9 Å². The molecule has 1 saturated heterocycles. The molecule has 0 aliphatic carbocycles. The maximum Gasteiger partial charge on any atom is 0.329 e. The number of fused-ring (bicyclic) bond motifs is 1. The third-order valence-electron chi connectivity index (χ3n) is 13.1. The zero-order chi connectivity index (χ0) is 51.5. The second kappa shape index (κ2) is 28.1. The molecule has 0 unspecified atom stereocenters. The van der Waals surface area contributed by atoms with E-state index in [0.29, 0.717) is 5.56 Å². The Balaban J connectivity index is 2.29. The van der Waals surface area contributed by atoms with Crippen molar-refractivity contribution < 1.29 is 43.1 Å². The number of likely N-dealkylation sites (N-methyl/N-ethyl adjacent to an activating group) is 2. The van der Waals surface area contributed by atoms with Crippen molar-refractivity contribution in [1.29, 1.82) is 5.26 Å². The number of para-hydroxylation sites is 1. The summed E-state index contributed by atoms with van der Waals surface area (Å²) < 4.78 is 7.37. The van der Waals surface area contributed by atoms with Crippen LogP contribution in [-0.4, -0.2) is 120 Å². The number of hydrogen-bond donors (Lipinski definition) is 4. The third kappa shape index (κ3) is 17.1. The Morgan fingerprint density at radius 2 is 1.22 bits per heavy atom. The molecule has 0 bridgehead atoms. The van der Waals surface area contributed by atoms with Crippen LogP contribution < -0.4 is 26.1 Å². The molecule has 17 heteroatoms. The van der Waals surface area contributed by atoms with Gasteiger partial charge >= 0.3 is 5.97 Å². The predicted molar refractivity (Wildman–Crippen MR) is 265 cm³/mol. The summed E-state index contributed by atoms with van der Waals surface area (Å²) in [4.78, 5) is 110. The van der Waals surface area contributed by atoms with E-state index in [-0.39, 0.29) is 68.6 Å². The van der Waals surface area contributed by atoms with Crippen LogP contribution in [0.4, 0.5) is 0 Å². The number of carbonyl (C=O) groups excluding carboxylic acids is 7. The number of amides is 6. The first kappa shape index (κ1) is 57.7. The number of aromatic nitrogens is 1. The van der Waals surface area contributed by atoms with Crippen molar-refractivity contribution in [2.75, 3.05) is 21.2 Å². The summed E-state index contributed by atoms with van der Waals surface area (Å²) in [5.41, 5.74) is 1.40. The van der Waals surface area contributed by atoms with Gasteiger partial charge in [-0.2, -0.15) is 9.99 Å². The molecule has 2 aromatic rings. The Labute approximate surface area is 410 Å². The average Bonchev–Trinajstić information content (AvgIpc) is 3.67. The lowest BCUT2D eigenvalue weighted by Gasteiger charge is -2.34. The second-order valence-corrected chi connectivity index (χ2v) is 20.1. The lowest BCUT2D eigenvalue weighted by molar-refractivity contribution is -0.163. The summed E-state index contributed by atoms with van der Waals surface area (Å²) in [6.07, 6.45) is 5.79. The molecule has 17 nitrogen and oxygen atoms in total. The zero-order valence-corrected chi connectivity index (χ0v) is 43.4. The maximum atomic E-state index is 14.9. The van der Waals surface area contributed by atoms with Crippen LogP contribution in [0.15, 0.2) is 30.5 Å². The van der Waals surface area contributed by atoms with E-state index in [4.69, 9.17) is 9.57 Å². The van der Waals surface area contributed by atoms with Gasteiger partial charge in [-0.1, -0.05) is 112 Å². The van der Waals surface area contributed by atoms with Crippen LogP contribution in [0.3, 0.4) is 0 Å². The normalized spacial score (nSPS) is 24.0. The number of benzene rings is 1. The number of carbonyl (C=O) groups is 7. The first-order chi connectivity index (χ1) is 32.7. The molecule has 1 aromatic carbocycles. The fourth-order valence-corrected chi connectivity index (χ4v) is 8.89. The van der Waals surface area contributed by atoms with Gasteiger partial charge in [-0.15, -0.1) is 0 Å². The highest BCUT2D eigenvalue weighted by atomic mass is 16.6. The van der Waals surface area contributed by atoms with Crippen molar-refractivity contribution in [3.05, 3.63) is 36.0 Å². The molecule has 1 fully saturated rings. The van der Waals surface area contributed by atoms with Gasteiger partial charge in [0.1, 0.15) is 43.4 Å². The number of hydrogen-bond acceptors (Lipinski definition) is 10. The van der Waals surface area contributed by atoms with Crippen LogP contribution >= 0.6 is 0 Å². The first-order valence-corrected chi connectivity index (χ1v) is 25.1. The molecule has 4 N–H and O–H groups in total. The summed E-state index contributed by atoms with van der Waals surface area (Å²) in [5, 5.41) is 22.0. The monoisotopic (exact) mass is 963 g/mol. The van der Waals surface area contributed by atoms with Crippen molar-refractivity contribution in [2.45, 2.75) is 188 Å². The molecule has 9 atom stereocenters. The van der Waals surface area contributed by atoms with E-state index in [1.165, 1.54) is 37.9 Å². The first-order valence-electron chi connectivity index (χ1n) is 25.1. The molecule has 3 rings (SSSR count). The zero-order valence-electron chi connectivity index (χ0n) is 43.4. The van der Waals surface area contributed by atoms with E-state index in [0.717, 1.165) is 49.4 Å². The molecule has 1 aromatic heterocycles. The van der Waals surface area contributed by atoms with E-state index >= 15 is 0 Å². The van der Waals surface area contributed by atoms with Gasteiger partial charge in [-0.25, -0.2) is 4.79 Å². The van der Waals surface area contributed by atoms with Crippen LogP contribution in [0.25, 0.3) is 10.9 Å². The highest BCUT2D eigenvalue weighted by molar-refractivity contribution is 5.98. The highest BCUT2D eigenvalue weighted by Crippen LogP contribution is 2.24. The van der Waals surface area contributed by atoms with Crippen molar-refractivity contribution in [1.82, 2.24) is 35.8 Å². The van der Waals surface area contributed by atoms with Crippen molar-refractivity contribution >= 4 is 52.3 Å². The Bertz CT molecular complexity index is 2080. The number of rotatable bonds is 19. The lowest BCUT2D eigenvalue weighted by atomic mass is 9.94. The van der Waals surface area contributed by atoms with E-state index < -0.39 is 83.8 Å². The summed E-state index contributed by atoms with van der Waals surface area (Å²) in [6.45, 7) is 17.2. The molecule has 6 amide bonds. The minimum absolute atomic E-state index is 0.0297. The summed E-state index contributed by atoms with van der Waals surface area (Å²) >= 11 is 0. The number of nitrogens with zero attached hydrogens (tertiary/aromatic N) is 4. The molecule has 1 aliphatic heterocycles. The summed E-state index contributed by atoms with van der Waals surface area (Å²) in [5.74, 6) is -5.05. The predicted octanol–water partition coefficient (Wildman–Crippen LogP) is 5.61. The Morgan fingerprint density at radius 3 is 1.77 bits per heavy atom. The molecule has 0 saturated carbocycles. The van der Waals surface area contributed by atoms with Crippen molar-refractivity contribution in [3.8, 4) is 6.07 Å². The molecule has 1 aliphatic rings. The van der Waals surface area contributed by atoms with E-state index in [2.05, 4.69) is 35.1 Å². The minimum atomic E-state index is -1.50. The van der Waals surface area contributed by atoms with Gasteiger partial charge in [-0.3, -0.25) is 28.8 Å². The van der Waals surface area contributed by atoms with Gasteiger partial charge in [0.25, 0.3) is 5.91 Å². The number of ether oxygens (including phenoxy) is 1.